The van der Waals surface area contributed by atoms with Crippen LogP contribution in [0.1, 0.15) is 44.0 Å². The molecule has 3 rings (SSSR count). The molecule has 0 saturated carbocycles. The lowest BCUT2D eigenvalue weighted by Crippen LogP contribution is -2.34. The Morgan fingerprint density at radius 1 is 1.23 bits per heavy atom. The Hall–Kier alpha value is -1.87. The van der Waals surface area contributed by atoms with E-state index in [1.54, 1.807) is 6.20 Å². The van der Waals surface area contributed by atoms with Crippen LogP contribution in [0.3, 0.4) is 0 Å². The molecule has 22 heavy (non-hydrogen) atoms. The molecule has 0 spiro atoms. The van der Waals surface area contributed by atoms with Gasteiger partial charge in [0.2, 0.25) is 0 Å². The summed E-state index contributed by atoms with van der Waals surface area (Å²) < 4.78 is 5.99. The second-order valence-electron chi connectivity index (χ2n) is 6.89. The lowest BCUT2D eigenvalue weighted by Gasteiger charge is -2.33. The number of ether oxygens (including phenoxy) is 1. The normalized spacial score (nSPS) is 23.3. The first-order valence-corrected chi connectivity index (χ1v) is 7.85. The largest absolute Gasteiger partial charge is 0.493 e. The summed E-state index contributed by atoms with van der Waals surface area (Å²) in [5.74, 6) is 0.760. The molecule has 1 aliphatic heterocycles. The Morgan fingerprint density at radius 3 is 2.73 bits per heavy atom. The van der Waals surface area contributed by atoms with Gasteiger partial charge < -0.3 is 9.84 Å². The second kappa shape index (κ2) is 5.40. The van der Waals surface area contributed by atoms with Crippen molar-refractivity contribution in [3.05, 3.63) is 59.4 Å². The van der Waals surface area contributed by atoms with Gasteiger partial charge in [0, 0.05) is 17.2 Å². The Bertz CT molecular complexity index is 666. The quantitative estimate of drug-likeness (QED) is 0.919. The van der Waals surface area contributed by atoms with Crippen LogP contribution < -0.4 is 4.74 Å². The van der Waals surface area contributed by atoms with Gasteiger partial charge in [0.15, 0.2) is 0 Å². The highest BCUT2D eigenvalue weighted by atomic mass is 16.5. The molecule has 2 heterocycles. The predicted molar refractivity (Wildman–Crippen MR) is 86.9 cm³/mol. The number of fused-ring (bicyclic) bond motifs is 1. The van der Waals surface area contributed by atoms with Gasteiger partial charge in [-0.1, -0.05) is 32.9 Å². The number of aryl methyl sites for hydroxylation is 1. The first kappa shape index (κ1) is 15.0. The van der Waals surface area contributed by atoms with Gasteiger partial charge in [0.1, 0.15) is 11.4 Å². The van der Waals surface area contributed by atoms with E-state index >= 15 is 0 Å². The van der Waals surface area contributed by atoms with E-state index in [2.05, 4.69) is 37.9 Å². The molecule has 0 bridgehead atoms. The zero-order chi connectivity index (χ0) is 15.8. The van der Waals surface area contributed by atoms with Crippen molar-refractivity contribution in [3.63, 3.8) is 0 Å². The van der Waals surface area contributed by atoms with Crippen LogP contribution in [0.2, 0.25) is 0 Å². The highest BCUT2D eigenvalue weighted by Gasteiger charge is 2.43. The Morgan fingerprint density at radius 2 is 2.05 bits per heavy atom. The second-order valence-corrected chi connectivity index (χ2v) is 6.89. The fourth-order valence-corrected chi connectivity index (χ4v) is 3.19. The average Bonchev–Trinajstić information content (AvgIpc) is 2.63. The van der Waals surface area contributed by atoms with Gasteiger partial charge in [-0.05, 0) is 42.7 Å². The van der Waals surface area contributed by atoms with Gasteiger partial charge in [0.25, 0.3) is 0 Å². The van der Waals surface area contributed by atoms with Crippen molar-refractivity contribution in [2.45, 2.75) is 39.2 Å². The van der Waals surface area contributed by atoms with E-state index in [9.17, 15) is 5.11 Å². The minimum absolute atomic E-state index is 0.141. The molecule has 0 radical (unpaired) electrons. The van der Waals surface area contributed by atoms with Crippen molar-refractivity contribution in [2.24, 2.45) is 5.41 Å². The van der Waals surface area contributed by atoms with Crippen molar-refractivity contribution >= 4 is 0 Å². The summed E-state index contributed by atoms with van der Waals surface area (Å²) in [5, 5.41) is 11.6. The standard InChI is InChI=1S/C19H23NO2/c1-4-14-8-9-16-15(11-14)19(21,12-18(2,3)13-22-16)17-7-5-6-10-20-17/h5-11,21H,4,12-13H2,1-3H3. The van der Waals surface area contributed by atoms with Gasteiger partial charge in [-0.2, -0.15) is 0 Å². The number of pyridine rings is 1. The molecule has 1 aromatic heterocycles. The van der Waals surface area contributed by atoms with Gasteiger partial charge in [0.05, 0.1) is 12.3 Å². The van der Waals surface area contributed by atoms with E-state index in [1.165, 1.54) is 5.56 Å². The van der Waals surface area contributed by atoms with Gasteiger partial charge in [-0.15, -0.1) is 0 Å². The lowest BCUT2D eigenvalue weighted by molar-refractivity contribution is 0.0265. The molecule has 2 aromatic rings. The Kier molecular flexibility index (Phi) is 3.69. The van der Waals surface area contributed by atoms with Gasteiger partial charge >= 0.3 is 0 Å². The van der Waals surface area contributed by atoms with Crippen molar-refractivity contribution < 1.29 is 9.84 Å². The number of rotatable bonds is 2. The zero-order valence-corrected chi connectivity index (χ0v) is 13.5. The van der Waals surface area contributed by atoms with Crippen LogP contribution in [0.25, 0.3) is 0 Å². The molecule has 116 valence electrons. The molecule has 0 amide bonds. The lowest BCUT2D eigenvalue weighted by atomic mass is 9.76. The topological polar surface area (TPSA) is 42.4 Å². The summed E-state index contributed by atoms with van der Waals surface area (Å²) in [6.07, 6.45) is 3.24. The minimum Gasteiger partial charge on any atom is -0.493 e. The SMILES string of the molecule is CCc1ccc2c(c1)C(O)(c1ccccn1)CC(C)(C)CO2. The molecule has 1 aromatic carbocycles. The monoisotopic (exact) mass is 297 g/mol. The summed E-state index contributed by atoms with van der Waals surface area (Å²) in [6, 6.07) is 11.8. The fourth-order valence-electron chi connectivity index (χ4n) is 3.19. The highest BCUT2D eigenvalue weighted by molar-refractivity contribution is 5.46. The zero-order valence-electron chi connectivity index (χ0n) is 13.5. The maximum atomic E-state index is 11.6. The van der Waals surface area contributed by atoms with E-state index in [0.717, 1.165) is 17.7 Å². The predicted octanol–water partition coefficient (Wildman–Crippen LogP) is 3.69. The number of aliphatic hydroxyl groups is 1. The third kappa shape index (κ3) is 2.61. The third-order valence-electron chi connectivity index (χ3n) is 4.34. The first-order valence-electron chi connectivity index (χ1n) is 7.85. The fraction of sp³-hybridized carbons (Fsp3) is 0.421. The minimum atomic E-state index is -1.12. The van der Waals surface area contributed by atoms with Crippen molar-refractivity contribution in [1.29, 1.82) is 0 Å². The molecule has 1 N–H and O–H groups in total. The van der Waals surface area contributed by atoms with Crippen LogP contribution in [0.5, 0.6) is 5.75 Å². The average molecular weight is 297 g/mol. The van der Waals surface area contributed by atoms with Crippen LogP contribution in [0.4, 0.5) is 0 Å². The summed E-state index contributed by atoms with van der Waals surface area (Å²) >= 11 is 0. The van der Waals surface area contributed by atoms with Crippen LogP contribution in [0, 0.1) is 5.41 Å². The number of hydrogen-bond donors (Lipinski definition) is 1. The van der Waals surface area contributed by atoms with Crippen LogP contribution >= 0.6 is 0 Å². The molecule has 0 aliphatic carbocycles. The number of aromatic nitrogens is 1. The highest BCUT2D eigenvalue weighted by Crippen LogP contribution is 2.46. The van der Waals surface area contributed by atoms with E-state index in [4.69, 9.17) is 4.74 Å². The molecule has 1 atom stereocenters. The third-order valence-corrected chi connectivity index (χ3v) is 4.34. The summed E-state index contributed by atoms with van der Waals surface area (Å²) in [5.41, 5.74) is 1.44. The Labute approximate surface area is 132 Å². The summed E-state index contributed by atoms with van der Waals surface area (Å²) in [7, 11) is 0. The molecule has 3 heteroatoms. The van der Waals surface area contributed by atoms with Crippen molar-refractivity contribution in [1.82, 2.24) is 4.98 Å². The molecule has 1 aliphatic rings. The Balaban J connectivity index is 2.22. The van der Waals surface area contributed by atoms with E-state index in [0.29, 0.717) is 18.7 Å². The van der Waals surface area contributed by atoms with E-state index in [-0.39, 0.29) is 5.41 Å². The molecular formula is C19H23NO2. The first-order chi connectivity index (χ1) is 10.4. The number of nitrogens with zero attached hydrogens (tertiary/aromatic N) is 1. The van der Waals surface area contributed by atoms with Crippen molar-refractivity contribution in [3.8, 4) is 5.75 Å². The van der Waals surface area contributed by atoms with Crippen LogP contribution in [0.15, 0.2) is 42.6 Å². The van der Waals surface area contributed by atoms with Crippen LogP contribution in [-0.2, 0) is 12.0 Å². The van der Waals surface area contributed by atoms with Gasteiger partial charge in [-0.25, -0.2) is 0 Å². The number of hydrogen-bond acceptors (Lipinski definition) is 3. The molecule has 0 fully saturated rings. The smallest absolute Gasteiger partial charge is 0.136 e. The number of benzene rings is 1. The summed E-state index contributed by atoms with van der Waals surface area (Å²) in [6.45, 7) is 6.94. The van der Waals surface area contributed by atoms with E-state index in [1.807, 2.05) is 24.3 Å². The molecule has 1 unspecified atom stereocenters. The van der Waals surface area contributed by atoms with Crippen LogP contribution in [-0.4, -0.2) is 16.7 Å². The maximum absolute atomic E-state index is 11.6. The molecular weight excluding hydrogens is 274 g/mol. The van der Waals surface area contributed by atoms with Gasteiger partial charge in [-0.3, -0.25) is 4.98 Å². The molecule has 3 nitrogen and oxygen atoms in total. The summed E-state index contributed by atoms with van der Waals surface area (Å²) in [4.78, 5) is 4.43. The van der Waals surface area contributed by atoms with E-state index < -0.39 is 5.60 Å². The van der Waals surface area contributed by atoms with Crippen molar-refractivity contribution in [2.75, 3.05) is 6.61 Å². The maximum Gasteiger partial charge on any atom is 0.136 e. The molecule has 0 saturated heterocycles.